The highest BCUT2D eigenvalue weighted by Crippen LogP contribution is 2.32. The first kappa shape index (κ1) is 12.8. The summed E-state index contributed by atoms with van der Waals surface area (Å²) in [6.45, 7) is 2.43. The lowest BCUT2D eigenvalue weighted by Crippen LogP contribution is -2.37. The molecule has 1 nitrogen and oxygen atoms in total. The van der Waals surface area contributed by atoms with Gasteiger partial charge in [-0.2, -0.15) is 0 Å². The summed E-state index contributed by atoms with van der Waals surface area (Å²) in [5.41, 5.74) is 2.36. The van der Waals surface area contributed by atoms with Gasteiger partial charge >= 0.3 is 0 Å². The quantitative estimate of drug-likeness (QED) is 0.870. The number of halogens is 2. The van der Waals surface area contributed by atoms with E-state index in [0.717, 1.165) is 17.7 Å². The van der Waals surface area contributed by atoms with Crippen LogP contribution in [0.25, 0.3) is 0 Å². The van der Waals surface area contributed by atoms with Gasteiger partial charge in [-0.25, -0.2) is 8.78 Å². The molecular weight excluding hydrogens is 240 g/mol. The predicted molar refractivity (Wildman–Crippen MR) is 68.0 cm³/mol. The Bertz CT molecular complexity index is 382. The average molecular weight is 257 g/mol. The molecule has 2 rings (SSSR count). The maximum Gasteiger partial charge on any atom is 0.254 e. The lowest BCUT2D eigenvalue weighted by atomic mass is 10.0. The molecule has 1 atom stereocenters. The molecule has 1 heterocycles. The van der Waals surface area contributed by atoms with Crippen molar-refractivity contribution in [3.05, 3.63) is 29.3 Å². The lowest BCUT2D eigenvalue weighted by molar-refractivity contribution is 0.0990. The Morgan fingerprint density at radius 1 is 1.41 bits per heavy atom. The summed E-state index contributed by atoms with van der Waals surface area (Å²) in [4.78, 5) is 1.27. The molecule has 1 unspecified atom stereocenters. The van der Waals surface area contributed by atoms with Crippen molar-refractivity contribution in [3.63, 3.8) is 0 Å². The summed E-state index contributed by atoms with van der Waals surface area (Å²) in [6, 6.07) is 5.40. The minimum absolute atomic E-state index is 0.402. The first-order chi connectivity index (χ1) is 8.20. The molecule has 0 fully saturated rings. The van der Waals surface area contributed by atoms with Crippen molar-refractivity contribution >= 4 is 11.8 Å². The van der Waals surface area contributed by atoms with Crippen molar-refractivity contribution in [2.75, 3.05) is 12.3 Å². The first-order valence-electron chi connectivity index (χ1n) is 5.97. The van der Waals surface area contributed by atoms with Crippen LogP contribution in [0.15, 0.2) is 23.1 Å². The van der Waals surface area contributed by atoms with E-state index in [1.54, 1.807) is 0 Å². The SMILES string of the molecule is CCNC(Cc1ccc2c(c1)SCC2)C(F)F. The maximum atomic E-state index is 12.8. The van der Waals surface area contributed by atoms with Crippen LogP contribution in [0.5, 0.6) is 0 Å². The second kappa shape index (κ2) is 5.83. The number of hydrogen-bond acceptors (Lipinski definition) is 2. The van der Waals surface area contributed by atoms with Gasteiger partial charge in [0.25, 0.3) is 6.43 Å². The van der Waals surface area contributed by atoms with E-state index in [0.29, 0.717) is 13.0 Å². The number of benzene rings is 1. The highest BCUT2D eigenvalue weighted by Gasteiger charge is 2.20. The van der Waals surface area contributed by atoms with Gasteiger partial charge < -0.3 is 5.32 Å². The largest absolute Gasteiger partial charge is 0.309 e. The summed E-state index contributed by atoms with van der Waals surface area (Å²) in [5, 5.41) is 2.84. The fraction of sp³-hybridized carbons (Fsp3) is 0.538. The van der Waals surface area contributed by atoms with Gasteiger partial charge in [0, 0.05) is 10.6 Å². The number of nitrogens with one attached hydrogen (secondary N) is 1. The van der Waals surface area contributed by atoms with Crippen LogP contribution in [-0.2, 0) is 12.8 Å². The maximum absolute atomic E-state index is 12.8. The average Bonchev–Trinajstić information content (AvgIpc) is 2.75. The normalized spacial score (nSPS) is 16.2. The van der Waals surface area contributed by atoms with Crippen molar-refractivity contribution in [1.82, 2.24) is 5.32 Å². The van der Waals surface area contributed by atoms with E-state index in [1.807, 2.05) is 24.8 Å². The third kappa shape index (κ3) is 3.19. The Labute approximate surface area is 105 Å². The van der Waals surface area contributed by atoms with E-state index in [-0.39, 0.29) is 0 Å². The van der Waals surface area contributed by atoms with Crippen LogP contribution in [0.4, 0.5) is 8.78 Å². The second-order valence-corrected chi connectivity index (χ2v) is 5.38. The van der Waals surface area contributed by atoms with Crippen LogP contribution in [0.3, 0.4) is 0 Å². The van der Waals surface area contributed by atoms with Crippen molar-refractivity contribution in [2.45, 2.75) is 37.1 Å². The monoisotopic (exact) mass is 257 g/mol. The molecule has 1 aliphatic rings. The van der Waals surface area contributed by atoms with Gasteiger partial charge in [-0.1, -0.05) is 19.1 Å². The molecular formula is C13H17F2NS. The third-order valence-electron chi connectivity index (χ3n) is 2.99. The lowest BCUT2D eigenvalue weighted by Gasteiger charge is -2.17. The highest BCUT2D eigenvalue weighted by atomic mass is 32.2. The Morgan fingerprint density at radius 3 is 2.94 bits per heavy atom. The zero-order chi connectivity index (χ0) is 12.3. The summed E-state index contributed by atoms with van der Waals surface area (Å²) in [5.74, 6) is 1.12. The molecule has 0 saturated heterocycles. The molecule has 0 bridgehead atoms. The van der Waals surface area contributed by atoms with Crippen LogP contribution >= 0.6 is 11.8 Å². The molecule has 0 radical (unpaired) electrons. The van der Waals surface area contributed by atoms with E-state index < -0.39 is 12.5 Å². The molecule has 17 heavy (non-hydrogen) atoms. The summed E-state index contributed by atoms with van der Waals surface area (Å²) in [7, 11) is 0. The molecule has 0 spiro atoms. The van der Waals surface area contributed by atoms with Gasteiger partial charge in [0.05, 0.1) is 6.04 Å². The minimum Gasteiger partial charge on any atom is -0.309 e. The van der Waals surface area contributed by atoms with Crippen molar-refractivity contribution in [3.8, 4) is 0 Å². The van der Waals surface area contributed by atoms with Crippen LogP contribution in [0.1, 0.15) is 18.1 Å². The molecule has 1 aromatic rings. The van der Waals surface area contributed by atoms with Crippen LogP contribution in [0.2, 0.25) is 0 Å². The van der Waals surface area contributed by atoms with Crippen LogP contribution < -0.4 is 5.32 Å². The Morgan fingerprint density at radius 2 is 2.24 bits per heavy atom. The fourth-order valence-corrected chi connectivity index (χ4v) is 3.24. The fourth-order valence-electron chi connectivity index (χ4n) is 2.10. The highest BCUT2D eigenvalue weighted by molar-refractivity contribution is 7.99. The standard InChI is InChI=1S/C13H17F2NS/c1-2-16-11(13(14)15)7-9-3-4-10-5-6-17-12(10)8-9/h3-4,8,11,13,16H,2,5-7H2,1H3. The van der Waals surface area contributed by atoms with Crippen LogP contribution in [-0.4, -0.2) is 24.8 Å². The van der Waals surface area contributed by atoms with E-state index in [2.05, 4.69) is 17.4 Å². The smallest absolute Gasteiger partial charge is 0.254 e. The van der Waals surface area contributed by atoms with E-state index in [9.17, 15) is 8.78 Å². The zero-order valence-corrected chi connectivity index (χ0v) is 10.7. The van der Waals surface area contributed by atoms with Gasteiger partial charge in [0.15, 0.2) is 0 Å². The first-order valence-corrected chi connectivity index (χ1v) is 6.95. The third-order valence-corrected chi connectivity index (χ3v) is 4.09. The van der Waals surface area contributed by atoms with Crippen molar-refractivity contribution in [1.29, 1.82) is 0 Å². The summed E-state index contributed by atoms with van der Waals surface area (Å²) in [6.07, 6.45) is -0.804. The van der Waals surface area contributed by atoms with Crippen molar-refractivity contribution in [2.24, 2.45) is 0 Å². The number of alkyl halides is 2. The Hall–Kier alpha value is -0.610. The number of thioether (sulfide) groups is 1. The number of likely N-dealkylation sites (N-methyl/N-ethyl adjacent to an activating group) is 1. The molecule has 4 heteroatoms. The summed E-state index contributed by atoms with van der Waals surface area (Å²) < 4.78 is 25.6. The van der Waals surface area contributed by atoms with Gasteiger partial charge in [0.1, 0.15) is 0 Å². The van der Waals surface area contributed by atoms with Crippen LogP contribution in [0, 0.1) is 0 Å². The molecule has 1 aliphatic heterocycles. The van der Waals surface area contributed by atoms with E-state index in [1.165, 1.54) is 10.5 Å². The predicted octanol–water partition coefficient (Wildman–Crippen LogP) is 3.12. The van der Waals surface area contributed by atoms with Gasteiger partial charge in [0.2, 0.25) is 0 Å². The number of aryl methyl sites for hydroxylation is 1. The van der Waals surface area contributed by atoms with E-state index >= 15 is 0 Å². The number of hydrogen-bond donors (Lipinski definition) is 1. The molecule has 0 saturated carbocycles. The minimum atomic E-state index is -2.31. The Balaban J connectivity index is 2.07. The topological polar surface area (TPSA) is 12.0 Å². The molecule has 0 aliphatic carbocycles. The van der Waals surface area contributed by atoms with Gasteiger partial charge in [-0.3, -0.25) is 0 Å². The molecule has 1 aromatic carbocycles. The summed E-state index contributed by atoms with van der Waals surface area (Å²) >= 11 is 1.82. The molecule has 0 aromatic heterocycles. The molecule has 94 valence electrons. The van der Waals surface area contributed by atoms with Crippen molar-refractivity contribution < 1.29 is 8.78 Å². The number of rotatable bonds is 5. The van der Waals surface area contributed by atoms with Gasteiger partial charge in [-0.15, -0.1) is 11.8 Å². The van der Waals surface area contributed by atoms with E-state index in [4.69, 9.17) is 0 Å². The second-order valence-electron chi connectivity index (χ2n) is 4.24. The molecule has 1 N–H and O–H groups in total. The molecule has 0 amide bonds. The Kier molecular flexibility index (Phi) is 4.40. The zero-order valence-electron chi connectivity index (χ0n) is 9.88. The van der Waals surface area contributed by atoms with Gasteiger partial charge in [-0.05, 0) is 36.6 Å². The number of fused-ring (bicyclic) bond motifs is 1.